The molecule has 0 fully saturated rings. The zero-order valence-electron chi connectivity index (χ0n) is 16.4. The lowest BCUT2D eigenvalue weighted by Gasteiger charge is -2.20. The average molecular weight is 360 g/mol. The standard InChI is InChI=1S/C22H24N4O/c1-6-8-11-23-20(7-2)26-19-12-16(17-13-24-15(3)25-14-17)9-10-18(19)22(4,5)21(26)27/h6-14H,1-5H3/b8-6-,20-7+,23-11-. The fourth-order valence-electron chi connectivity index (χ4n) is 3.16. The number of fused-ring (bicyclic) bond motifs is 1. The molecule has 1 aliphatic rings. The van der Waals surface area contributed by atoms with Gasteiger partial charge in [0.2, 0.25) is 5.91 Å². The molecule has 138 valence electrons. The molecule has 27 heavy (non-hydrogen) atoms. The van der Waals surface area contributed by atoms with Crippen LogP contribution in [0.2, 0.25) is 0 Å². The molecule has 2 heterocycles. The molecule has 3 rings (SSSR count). The van der Waals surface area contributed by atoms with Gasteiger partial charge in [-0.25, -0.2) is 15.0 Å². The number of carbonyl (C=O) groups is 1. The Hall–Kier alpha value is -3.08. The van der Waals surface area contributed by atoms with Crippen molar-refractivity contribution in [3.63, 3.8) is 0 Å². The van der Waals surface area contributed by atoms with Gasteiger partial charge in [0.15, 0.2) is 0 Å². The van der Waals surface area contributed by atoms with Gasteiger partial charge >= 0.3 is 0 Å². The van der Waals surface area contributed by atoms with Crippen molar-refractivity contribution in [1.29, 1.82) is 0 Å². The van der Waals surface area contributed by atoms with Gasteiger partial charge in [-0.05, 0) is 64.0 Å². The molecular weight excluding hydrogens is 336 g/mol. The number of aryl methyl sites for hydroxylation is 1. The van der Waals surface area contributed by atoms with Gasteiger partial charge in [0.25, 0.3) is 0 Å². The van der Waals surface area contributed by atoms with E-state index in [4.69, 9.17) is 0 Å². The normalized spacial score (nSPS) is 16.6. The highest BCUT2D eigenvalue weighted by atomic mass is 16.2. The fourth-order valence-corrected chi connectivity index (χ4v) is 3.16. The minimum Gasteiger partial charge on any atom is -0.273 e. The van der Waals surface area contributed by atoms with Crippen LogP contribution in [0.4, 0.5) is 5.69 Å². The number of benzene rings is 1. The molecule has 0 unspecified atom stereocenters. The van der Waals surface area contributed by atoms with E-state index < -0.39 is 5.41 Å². The van der Waals surface area contributed by atoms with Crippen molar-refractivity contribution in [3.05, 3.63) is 66.0 Å². The predicted molar refractivity (Wildman–Crippen MR) is 110 cm³/mol. The second-order valence-electron chi connectivity index (χ2n) is 6.97. The van der Waals surface area contributed by atoms with Crippen LogP contribution < -0.4 is 4.90 Å². The molecular formula is C22H24N4O. The molecule has 5 nitrogen and oxygen atoms in total. The number of rotatable bonds is 4. The Morgan fingerprint density at radius 2 is 1.85 bits per heavy atom. The lowest BCUT2D eigenvalue weighted by molar-refractivity contribution is -0.121. The van der Waals surface area contributed by atoms with Crippen molar-refractivity contribution in [3.8, 4) is 11.1 Å². The maximum atomic E-state index is 13.2. The van der Waals surface area contributed by atoms with Gasteiger partial charge in [-0.3, -0.25) is 9.69 Å². The summed E-state index contributed by atoms with van der Waals surface area (Å²) in [6.45, 7) is 9.57. The number of anilines is 1. The summed E-state index contributed by atoms with van der Waals surface area (Å²) in [6, 6.07) is 6.06. The molecule has 1 amide bonds. The largest absolute Gasteiger partial charge is 0.273 e. The van der Waals surface area contributed by atoms with Crippen LogP contribution in [-0.2, 0) is 10.2 Å². The van der Waals surface area contributed by atoms with Gasteiger partial charge in [-0.2, -0.15) is 0 Å². The first-order valence-corrected chi connectivity index (χ1v) is 9.00. The molecule has 0 atom stereocenters. The Kier molecular flexibility index (Phi) is 5.04. The number of aromatic nitrogens is 2. The summed E-state index contributed by atoms with van der Waals surface area (Å²) >= 11 is 0. The molecule has 1 aromatic carbocycles. The molecule has 5 heteroatoms. The molecule has 0 aliphatic carbocycles. The summed E-state index contributed by atoms with van der Waals surface area (Å²) in [5, 5.41) is 0. The topological polar surface area (TPSA) is 58.5 Å². The van der Waals surface area contributed by atoms with Gasteiger partial charge in [-0.1, -0.05) is 18.2 Å². The third kappa shape index (κ3) is 3.33. The number of carbonyl (C=O) groups excluding carboxylic acids is 1. The van der Waals surface area contributed by atoms with Gasteiger partial charge in [-0.15, -0.1) is 0 Å². The minimum absolute atomic E-state index is 0.0144. The lowest BCUT2D eigenvalue weighted by atomic mass is 9.85. The summed E-state index contributed by atoms with van der Waals surface area (Å²) < 4.78 is 0. The summed E-state index contributed by atoms with van der Waals surface area (Å²) in [5.74, 6) is 1.36. The van der Waals surface area contributed by atoms with Gasteiger partial charge < -0.3 is 0 Å². The van der Waals surface area contributed by atoms with E-state index in [0.717, 1.165) is 28.2 Å². The smallest absolute Gasteiger partial charge is 0.242 e. The molecule has 1 aromatic heterocycles. The van der Waals surface area contributed by atoms with Crippen LogP contribution in [0.3, 0.4) is 0 Å². The monoisotopic (exact) mass is 360 g/mol. The van der Waals surface area contributed by atoms with Crippen molar-refractivity contribution < 1.29 is 4.79 Å². The zero-order valence-corrected chi connectivity index (χ0v) is 16.4. The number of allylic oxidation sites excluding steroid dienone is 3. The second kappa shape index (κ2) is 7.27. The first kappa shape index (κ1) is 18.7. The quantitative estimate of drug-likeness (QED) is 0.750. The van der Waals surface area contributed by atoms with Crippen LogP contribution in [-0.4, -0.2) is 22.1 Å². The van der Waals surface area contributed by atoms with Crippen LogP contribution >= 0.6 is 0 Å². The maximum absolute atomic E-state index is 13.2. The highest BCUT2D eigenvalue weighted by Gasteiger charge is 2.45. The highest BCUT2D eigenvalue weighted by Crippen LogP contribution is 2.45. The molecule has 0 saturated heterocycles. The lowest BCUT2D eigenvalue weighted by Crippen LogP contribution is -2.35. The van der Waals surface area contributed by atoms with Crippen molar-refractivity contribution in [2.24, 2.45) is 4.99 Å². The third-order valence-corrected chi connectivity index (χ3v) is 4.74. The van der Waals surface area contributed by atoms with Crippen LogP contribution in [0, 0.1) is 6.92 Å². The van der Waals surface area contributed by atoms with Crippen LogP contribution in [0.15, 0.2) is 59.6 Å². The Morgan fingerprint density at radius 1 is 1.15 bits per heavy atom. The summed E-state index contributed by atoms with van der Waals surface area (Å²) in [6.07, 6.45) is 10.9. The van der Waals surface area contributed by atoms with Crippen LogP contribution in [0.5, 0.6) is 0 Å². The Balaban J connectivity index is 2.12. The van der Waals surface area contributed by atoms with Crippen molar-refractivity contribution in [1.82, 2.24) is 9.97 Å². The SMILES string of the molecule is C\C=C/C=N\C(=C/C)N1C(=O)C(C)(C)c2ccc(-c3cnc(C)nc3)cc21. The first-order chi connectivity index (χ1) is 12.9. The van der Waals surface area contributed by atoms with Crippen molar-refractivity contribution in [2.75, 3.05) is 4.90 Å². The number of hydrogen-bond donors (Lipinski definition) is 0. The van der Waals surface area contributed by atoms with E-state index in [-0.39, 0.29) is 5.91 Å². The Labute approximate surface area is 160 Å². The Bertz CT molecular complexity index is 953. The van der Waals surface area contributed by atoms with Gasteiger partial charge in [0.05, 0.1) is 11.1 Å². The van der Waals surface area contributed by atoms with Gasteiger partial charge in [0.1, 0.15) is 11.6 Å². The van der Waals surface area contributed by atoms with E-state index >= 15 is 0 Å². The molecule has 1 aliphatic heterocycles. The highest BCUT2D eigenvalue weighted by molar-refractivity contribution is 6.10. The van der Waals surface area contributed by atoms with Crippen LogP contribution in [0.1, 0.15) is 39.1 Å². The average Bonchev–Trinajstić information content (AvgIpc) is 2.86. The summed E-state index contributed by atoms with van der Waals surface area (Å²) in [5.41, 5.74) is 3.12. The number of amides is 1. The van der Waals surface area contributed by atoms with E-state index in [0.29, 0.717) is 5.82 Å². The molecule has 0 saturated carbocycles. The molecule has 2 aromatic rings. The minimum atomic E-state index is -0.609. The first-order valence-electron chi connectivity index (χ1n) is 9.00. The number of hydrogen-bond acceptors (Lipinski definition) is 4. The molecule has 0 bridgehead atoms. The van der Waals surface area contributed by atoms with Crippen LogP contribution in [0.25, 0.3) is 11.1 Å². The summed E-state index contributed by atoms with van der Waals surface area (Å²) in [4.78, 5) is 27.9. The molecule has 0 radical (unpaired) electrons. The Morgan fingerprint density at radius 3 is 2.48 bits per heavy atom. The fraction of sp³-hybridized carbons (Fsp3) is 0.273. The predicted octanol–water partition coefficient (Wildman–Crippen LogP) is 4.58. The zero-order chi connectivity index (χ0) is 19.6. The van der Waals surface area contributed by atoms with Crippen molar-refractivity contribution >= 4 is 17.8 Å². The van der Waals surface area contributed by atoms with E-state index in [1.54, 1.807) is 23.5 Å². The third-order valence-electron chi connectivity index (χ3n) is 4.74. The number of aliphatic imine (C=N–C) groups is 1. The van der Waals surface area contributed by atoms with Crippen molar-refractivity contribution in [2.45, 2.75) is 40.0 Å². The van der Waals surface area contributed by atoms with E-state index in [1.165, 1.54) is 0 Å². The summed E-state index contributed by atoms with van der Waals surface area (Å²) in [7, 11) is 0. The molecule has 0 spiro atoms. The van der Waals surface area contributed by atoms with E-state index in [9.17, 15) is 4.79 Å². The van der Waals surface area contributed by atoms with E-state index in [1.807, 2.05) is 71.0 Å². The van der Waals surface area contributed by atoms with E-state index in [2.05, 4.69) is 15.0 Å². The maximum Gasteiger partial charge on any atom is 0.242 e. The number of nitrogens with zero attached hydrogens (tertiary/aromatic N) is 4. The van der Waals surface area contributed by atoms with Gasteiger partial charge in [0, 0.05) is 24.2 Å². The second-order valence-corrected chi connectivity index (χ2v) is 6.97. The molecule has 0 N–H and O–H groups in total.